The molecule has 0 unspecified atom stereocenters. The first-order valence-corrected chi connectivity index (χ1v) is 10.2. The van der Waals surface area contributed by atoms with Gasteiger partial charge in [-0.1, -0.05) is 82.7 Å². The number of halogens is 1. The van der Waals surface area contributed by atoms with Gasteiger partial charge in [-0.25, -0.2) is 0 Å². The van der Waals surface area contributed by atoms with E-state index >= 15 is 0 Å². The quantitative estimate of drug-likeness (QED) is 0.451. The Hall–Kier alpha value is -2.32. The van der Waals surface area contributed by atoms with Crippen LogP contribution in [0.1, 0.15) is 36.1 Å². The lowest BCUT2D eigenvalue weighted by Gasteiger charge is -2.49. The molecule has 1 heterocycles. The lowest BCUT2D eigenvalue weighted by Crippen LogP contribution is -2.52. The van der Waals surface area contributed by atoms with Crippen LogP contribution in [0.5, 0.6) is 0 Å². The second-order valence-electron chi connectivity index (χ2n) is 7.92. The summed E-state index contributed by atoms with van der Waals surface area (Å²) in [7, 11) is 0. The van der Waals surface area contributed by atoms with Gasteiger partial charge in [-0.05, 0) is 54.3 Å². The molecule has 1 aliphatic carbocycles. The first-order chi connectivity index (χ1) is 13.0. The van der Waals surface area contributed by atoms with Crippen molar-refractivity contribution in [2.75, 3.05) is 4.90 Å². The van der Waals surface area contributed by atoms with Crippen molar-refractivity contribution < 1.29 is 0 Å². The number of nitrogens with zero attached hydrogens (tertiary/aromatic N) is 1. The molecule has 0 aromatic heterocycles. The Morgan fingerprint density at radius 2 is 1.48 bits per heavy atom. The van der Waals surface area contributed by atoms with Crippen molar-refractivity contribution in [2.45, 2.75) is 31.3 Å². The van der Waals surface area contributed by atoms with E-state index < -0.39 is 0 Å². The summed E-state index contributed by atoms with van der Waals surface area (Å²) in [5.74, 6) is 0. The predicted molar refractivity (Wildman–Crippen MR) is 117 cm³/mol. The highest BCUT2D eigenvalue weighted by Gasteiger charge is 2.57. The number of para-hydroxylation sites is 1. The summed E-state index contributed by atoms with van der Waals surface area (Å²) in [4.78, 5) is 2.61. The van der Waals surface area contributed by atoms with E-state index in [-0.39, 0.29) is 11.0 Å². The van der Waals surface area contributed by atoms with E-state index in [4.69, 9.17) is 0 Å². The van der Waals surface area contributed by atoms with Gasteiger partial charge in [0.2, 0.25) is 0 Å². The lowest BCUT2D eigenvalue weighted by molar-refractivity contribution is 0.318. The van der Waals surface area contributed by atoms with E-state index in [1.54, 1.807) is 0 Å². The Morgan fingerprint density at radius 3 is 2.26 bits per heavy atom. The fourth-order valence-electron chi connectivity index (χ4n) is 4.97. The average molecular weight is 416 g/mol. The highest BCUT2D eigenvalue weighted by atomic mass is 79.9. The third kappa shape index (κ3) is 2.23. The minimum atomic E-state index is -0.130. The predicted octanol–water partition coefficient (Wildman–Crippen LogP) is 6.67. The third-order valence-electron chi connectivity index (χ3n) is 6.64. The maximum absolute atomic E-state index is 3.56. The van der Waals surface area contributed by atoms with E-state index in [1.165, 1.54) is 27.9 Å². The van der Waals surface area contributed by atoms with Crippen LogP contribution in [-0.4, -0.2) is 0 Å². The number of rotatable bonds is 2. The van der Waals surface area contributed by atoms with Crippen molar-refractivity contribution >= 4 is 27.7 Å². The molecular weight excluding hydrogens is 394 g/mol. The monoisotopic (exact) mass is 415 g/mol. The highest BCUT2D eigenvalue weighted by molar-refractivity contribution is 9.10. The number of hydrogen-bond donors (Lipinski definition) is 0. The van der Waals surface area contributed by atoms with E-state index in [0.717, 1.165) is 11.0 Å². The summed E-state index contributed by atoms with van der Waals surface area (Å²) < 4.78 is 1.12. The van der Waals surface area contributed by atoms with Gasteiger partial charge in [-0.15, -0.1) is 0 Å². The molecule has 1 aliphatic heterocycles. The van der Waals surface area contributed by atoms with E-state index in [9.17, 15) is 0 Å². The molecule has 5 rings (SSSR count). The molecule has 134 valence electrons. The van der Waals surface area contributed by atoms with Gasteiger partial charge in [0.25, 0.3) is 0 Å². The number of hydrogen-bond acceptors (Lipinski definition) is 1. The fraction of sp³-hybridized carbons (Fsp3) is 0.200. The van der Waals surface area contributed by atoms with Crippen molar-refractivity contribution in [2.24, 2.45) is 0 Å². The summed E-state index contributed by atoms with van der Waals surface area (Å²) in [6.07, 6.45) is 4.72. The van der Waals surface area contributed by atoms with Crippen LogP contribution in [0, 0.1) is 0 Å². The molecule has 0 radical (unpaired) electrons. The molecule has 0 N–H and O–H groups in total. The van der Waals surface area contributed by atoms with E-state index in [0.29, 0.717) is 0 Å². The van der Waals surface area contributed by atoms with Gasteiger partial charge in [-0.3, -0.25) is 0 Å². The Kier molecular flexibility index (Phi) is 3.64. The maximum Gasteiger partial charge on any atom is 0.0764 e. The van der Waals surface area contributed by atoms with Crippen molar-refractivity contribution in [3.8, 4) is 0 Å². The van der Waals surface area contributed by atoms with Crippen LogP contribution >= 0.6 is 15.9 Å². The molecule has 0 fully saturated rings. The van der Waals surface area contributed by atoms with Crippen molar-refractivity contribution in [1.29, 1.82) is 0 Å². The molecule has 0 amide bonds. The average Bonchev–Trinajstić information content (AvgIpc) is 2.89. The van der Waals surface area contributed by atoms with Crippen LogP contribution in [0.15, 0.2) is 83.3 Å². The molecule has 1 nitrogen and oxygen atoms in total. The zero-order valence-corrected chi connectivity index (χ0v) is 17.2. The van der Waals surface area contributed by atoms with Crippen LogP contribution in [0.3, 0.4) is 0 Å². The van der Waals surface area contributed by atoms with Crippen LogP contribution in [0.2, 0.25) is 0 Å². The third-order valence-corrected chi connectivity index (χ3v) is 7.17. The molecule has 0 saturated carbocycles. The number of benzene rings is 3. The highest BCUT2D eigenvalue weighted by Crippen LogP contribution is 2.60. The Bertz CT molecular complexity index is 1050. The second kappa shape index (κ2) is 5.84. The van der Waals surface area contributed by atoms with Gasteiger partial charge in [-0.2, -0.15) is 0 Å². The normalized spacial score (nSPS) is 25.1. The Morgan fingerprint density at radius 1 is 0.815 bits per heavy atom. The standard InChI is InChI=1S/C25H22BrN/c1-24-16-15-19-7-3-4-8-21(19)25(24,2)27(23-10-6-5-9-22(23)24)17-18-11-13-20(26)14-12-18/h3-16H,17H2,1-2H3/t24-,25-/m1/s1. The van der Waals surface area contributed by atoms with E-state index in [2.05, 4.69) is 120 Å². The summed E-state index contributed by atoms with van der Waals surface area (Å²) in [5, 5.41) is 0. The van der Waals surface area contributed by atoms with Gasteiger partial charge in [0.05, 0.1) is 5.54 Å². The zero-order chi connectivity index (χ0) is 18.6. The van der Waals surface area contributed by atoms with Crippen molar-refractivity contribution in [3.05, 3.63) is 106 Å². The maximum atomic E-state index is 3.56. The van der Waals surface area contributed by atoms with Crippen LogP contribution in [0.4, 0.5) is 5.69 Å². The minimum absolute atomic E-state index is 0.0622. The molecule has 3 aromatic carbocycles. The lowest BCUT2D eigenvalue weighted by atomic mass is 9.62. The Labute approximate surface area is 169 Å². The zero-order valence-electron chi connectivity index (χ0n) is 15.6. The van der Waals surface area contributed by atoms with Gasteiger partial charge in [0.1, 0.15) is 0 Å². The van der Waals surface area contributed by atoms with Crippen LogP contribution in [0.25, 0.3) is 6.08 Å². The summed E-state index contributed by atoms with van der Waals surface area (Å²) in [5.41, 5.74) is 6.62. The SMILES string of the molecule is C[C@@]12c3ccccc3C=C[C@]1(C)c1ccccc1N2Cc1ccc(Br)cc1. The first kappa shape index (κ1) is 16.8. The van der Waals surface area contributed by atoms with E-state index in [1.807, 2.05) is 0 Å². The van der Waals surface area contributed by atoms with Crippen LogP contribution in [-0.2, 0) is 17.5 Å². The molecule has 2 heteroatoms. The van der Waals surface area contributed by atoms with Gasteiger partial charge in [0, 0.05) is 22.1 Å². The number of anilines is 1. The molecular formula is C25H22BrN. The van der Waals surface area contributed by atoms with Crippen molar-refractivity contribution in [3.63, 3.8) is 0 Å². The van der Waals surface area contributed by atoms with Crippen LogP contribution < -0.4 is 4.90 Å². The first-order valence-electron chi connectivity index (χ1n) is 9.44. The molecule has 27 heavy (non-hydrogen) atoms. The summed E-state index contributed by atoms with van der Waals surface area (Å²) >= 11 is 3.56. The molecule has 0 saturated heterocycles. The molecule has 2 aliphatic rings. The largest absolute Gasteiger partial charge is 0.356 e. The van der Waals surface area contributed by atoms with Crippen molar-refractivity contribution in [1.82, 2.24) is 0 Å². The summed E-state index contributed by atoms with van der Waals surface area (Å²) in [6.45, 7) is 5.69. The topological polar surface area (TPSA) is 3.24 Å². The number of fused-ring (bicyclic) bond motifs is 5. The molecule has 2 atom stereocenters. The Balaban J connectivity index is 1.73. The van der Waals surface area contributed by atoms with Gasteiger partial charge >= 0.3 is 0 Å². The smallest absolute Gasteiger partial charge is 0.0764 e. The second-order valence-corrected chi connectivity index (χ2v) is 8.84. The van der Waals surface area contributed by atoms with Gasteiger partial charge in [0.15, 0.2) is 0 Å². The molecule has 0 spiro atoms. The fourth-order valence-corrected chi connectivity index (χ4v) is 5.23. The molecule has 0 bridgehead atoms. The van der Waals surface area contributed by atoms with Gasteiger partial charge < -0.3 is 4.90 Å². The minimum Gasteiger partial charge on any atom is -0.356 e. The summed E-state index contributed by atoms with van der Waals surface area (Å²) in [6, 6.07) is 26.4. The molecule has 3 aromatic rings.